The summed E-state index contributed by atoms with van der Waals surface area (Å²) in [4.78, 5) is 0.905. The lowest BCUT2D eigenvalue weighted by Gasteiger charge is -2.22. The number of hydrogen-bond donors (Lipinski definition) is 1. The molecule has 0 saturated carbocycles. The number of hydrazine groups is 1. The Hall–Kier alpha value is -1.70. The third-order valence-electron chi connectivity index (χ3n) is 3.18. The van der Waals surface area contributed by atoms with Gasteiger partial charge in [-0.15, -0.1) is 15.8 Å². The van der Waals surface area contributed by atoms with Gasteiger partial charge >= 0.3 is 0 Å². The summed E-state index contributed by atoms with van der Waals surface area (Å²) in [6.07, 6.45) is 2.82. The van der Waals surface area contributed by atoms with Crippen molar-refractivity contribution in [2.45, 2.75) is 6.04 Å². The molecule has 4 nitrogen and oxygen atoms in total. The Morgan fingerprint density at radius 1 is 1.24 bits per heavy atom. The minimum Gasteiger partial charge on any atom is -0.304 e. The van der Waals surface area contributed by atoms with Crippen LogP contribution in [-0.4, -0.2) is 19.1 Å². The Morgan fingerprint density at radius 3 is 2.62 bits per heavy atom. The summed E-state index contributed by atoms with van der Waals surface area (Å²) in [6.45, 7) is 0. The first kappa shape index (κ1) is 14.2. The van der Waals surface area contributed by atoms with Crippen molar-refractivity contribution in [2.24, 2.45) is 0 Å². The van der Waals surface area contributed by atoms with Crippen molar-refractivity contribution in [1.82, 2.24) is 9.84 Å². The highest BCUT2D eigenvalue weighted by Crippen LogP contribution is 2.35. The summed E-state index contributed by atoms with van der Waals surface area (Å²) in [5.41, 5.74) is 3.85. The van der Waals surface area contributed by atoms with Crippen molar-refractivity contribution in [1.29, 1.82) is 0 Å². The van der Waals surface area contributed by atoms with Gasteiger partial charge in [-0.2, -0.15) is 0 Å². The molecule has 0 radical (unpaired) electrons. The van der Waals surface area contributed by atoms with Crippen LogP contribution in [0.1, 0.15) is 16.5 Å². The first-order valence-corrected chi connectivity index (χ1v) is 8.96. The van der Waals surface area contributed by atoms with E-state index in [9.17, 15) is 12.8 Å². The van der Waals surface area contributed by atoms with E-state index in [-0.39, 0.29) is 0 Å². The van der Waals surface area contributed by atoms with Crippen LogP contribution >= 0.6 is 11.3 Å². The fourth-order valence-electron chi connectivity index (χ4n) is 2.24. The molecule has 0 saturated heterocycles. The van der Waals surface area contributed by atoms with Crippen LogP contribution in [-0.2, 0) is 10.0 Å². The highest BCUT2D eigenvalue weighted by molar-refractivity contribution is 7.88. The standard InChI is InChI=1S/C14H13FN2O2S2/c1-21(18,19)17-13(10-5-2-3-6-11(10)15)9-12(16-17)14-7-4-8-20-14/h2-9,13,16H,1H3/t13-/m1/s1. The molecular formula is C14H13FN2O2S2. The van der Waals surface area contributed by atoms with Gasteiger partial charge in [-0.05, 0) is 23.6 Å². The average Bonchev–Trinajstić information content (AvgIpc) is 3.07. The summed E-state index contributed by atoms with van der Waals surface area (Å²) in [7, 11) is -3.53. The van der Waals surface area contributed by atoms with Crippen LogP contribution in [0.2, 0.25) is 0 Å². The zero-order valence-electron chi connectivity index (χ0n) is 11.2. The van der Waals surface area contributed by atoms with E-state index < -0.39 is 21.9 Å². The molecule has 2 aromatic rings. The highest BCUT2D eigenvalue weighted by Gasteiger charge is 2.34. The third-order valence-corrected chi connectivity index (χ3v) is 5.11. The molecular weight excluding hydrogens is 311 g/mol. The molecule has 0 spiro atoms. The smallest absolute Gasteiger partial charge is 0.228 e. The van der Waals surface area contributed by atoms with E-state index in [0.29, 0.717) is 11.3 Å². The van der Waals surface area contributed by atoms with Crippen LogP contribution in [0.25, 0.3) is 5.70 Å². The maximum absolute atomic E-state index is 14.0. The first-order valence-electron chi connectivity index (χ1n) is 6.23. The molecule has 1 aliphatic rings. The van der Waals surface area contributed by atoms with Gasteiger partial charge in [-0.25, -0.2) is 12.8 Å². The van der Waals surface area contributed by atoms with Crippen molar-refractivity contribution < 1.29 is 12.8 Å². The Balaban J connectivity index is 2.07. The van der Waals surface area contributed by atoms with Crippen molar-refractivity contribution in [2.75, 3.05) is 6.26 Å². The predicted octanol–water partition coefficient (Wildman–Crippen LogP) is 2.75. The normalized spacial score (nSPS) is 19.3. The molecule has 0 aliphatic carbocycles. The molecule has 0 fully saturated rings. The van der Waals surface area contributed by atoms with E-state index in [1.54, 1.807) is 24.3 Å². The Kier molecular flexibility index (Phi) is 3.56. The maximum atomic E-state index is 14.0. The molecule has 0 amide bonds. The third kappa shape index (κ3) is 2.72. The van der Waals surface area contributed by atoms with Crippen LogP contribution < -0.4 is 5.43 Å². The summed E-state index contributed by atoms with van der Waals surface area (Å²) in [6, 6.07) is 9.25. The topological polar surface area (TPSA) is 49.4 Å². The second-order valence-electron chi connectivity index (χ2n) is 4.69. The van der Waals surface area contributed by atoms with Gasteiger partial charge < -0.3 is 5.43 Å². The van der Waals surface area contributed by atoms with Crippen LogP contribution in [0.5, 0.6) is 0 Å². The van der Waals surface area contributed by atoms with Gasteiger partial charge in [0.05, 0.1) is 22.9 Å². The van der Waals surface area contributed by atoms with E-state index in [2.05, 4.69) is 5.43 Å². The minimum absolute atomic E-state index is 0.321. The maximum Gasteiger partial charge on any atom is 0.228 e. The number of halogens is 1. The number of sulfonamides is 1. The van der Waals surface area contributed by atoms with E-state index >= 15 is 0 Å². The molecule has 1 N–H and O–H groups in total. The van der Waals surface area contributed by atoms with Crippen LogP contribution in [0, 0.1) is 5.82 Å². The molecule has 3 rings (SSSR count). The van der Waals surface area contributed by atoms with Crippen LogP contribution in [0.15, 0.2) is 47.9 Å². The second-order valence-corrected chi connectivity index (χ2v) is 7.50. The zero-order chi connectivity index (χ0) is 15.0. The first-order chi connectivity index (χ1) is 9.97. The predicted molar refractivity (Wildman–Crippen MR) is 81.3 cm³/mol. The van der Waals surface area contributed by atoms with Gasteiger partial charge in [0, 0.05) is 5.56 Å². The summed E-state index contributed by atoms with van der Waals surface area (Å²) < 4.78 is 39.0. The van der Waals surface area contributed by atoms with Gasteiger partial charge in [-0.3, -0.25) is 0 Å². The zero-order valence-corrected chi connectivity index (χ0v) is 12.8. The summed E-state index contributed by atoms with van der Waals surface area (Å²) in [5, 5.41) is 1.90. The molecule has 0 bridgehead atoms. The lowest BCUT2D eigenvalue weighted by Crippen LogP contribution is -2.38. The molecule has 1 aromatic carbocycles. The number of nitrogens with zero attached hydrogens (tertiary/aromatic N) is 1. The Labute approximate surface area is 126 Å². The van der Waals surface area contributed by atoms with Gasteiger partial charge in [0.2, 0.25) is 10.0 Å². The number of rotatable bonds is 3. The fourth-order valence-corrected chi connectivity index (χ4v) is 3.79. The number of thiophene rings is 1. The van der Waals surface area contributed by atoms with Gasteiger partial charge in [0.25, 0.3) is 0 Å². The number of hydrogen-bond acceptors (Lipinski definition) is 4. The lowest BCUT2D eigenvalue weighted by molar-refractivity contribution is 0.344. The van der Waals surface area contributed by atoms with Crippen molar-refractivity contribution in [3.05, 3.63) is 64.1 Å². The molecule has 2 heterocycles. The largest absolute Gasteiger partial charge is 0.304 e. The molecule has 1 atom stereocenters. The Bertz CT molecular complexity index is 785. The van der Waals surface area contributed by atoms with E-state index in [1.807, 2.05) is 17.5 Å². The average molecular weight is 324 g/mol. The van der Waals surface area contributed by atoms with Crippen molar-refractivity contribution >= 4 is 27.1 Å². The molecule has 110 valence electrons. The lowest BCUT2D eigenvalue weighted by atomic mass is 10.1. The number of nitrogens with one attached hydrogen (secondary N) is 1. The molecule has 7 heteroatoms. The monoisotopic (exact) mass is 324 g/mol. The van der Waals surface area contributed by atoms with Gasteiger partial charge in [0.15, 0.2) is 0 Å². The van der Waals surface area contributed by atoms with Crippen LogP contribution in [0.4, 0.5) is 4.39 Å². The fraction of sp³-hybridized carbons (Fsp3) is 0.143. The quantitative estimate of drug-likeness (QED) is 0.944. The molecule has 0 unspecified atom stereocenters. The summed E-state index contributed by atoms with van der Waals surface area (Å²) in [5.74, 6) is -0.429. The molecule has 21 heavy (non-hydrogen) atoms. The second kappa shape index (κ2) is 5.25. The SMILES string of the molecule is CS(=O)(=O)N1NC(c2cccs2)=C[C@@H]1c1ccccc1F. The van der Waals surface area contributed by atoms with E-state index in [4.69, 9.17) is 0 Å². The van der Waals surface area contributed by atoms with Gasteiger partial charge in [-0.1, -0.05) is 24.3 Å². The van der Waals surface area contributed by atoms with Gasteiger partial charge in [0.1, 0.15) is 5.82 Å². The summed E-state index contributed by atoms with van der Waals surface area (Å²) >= 11 is 1.49. The van der Waals surface area contributed by atoms with Crippen LogP contribution in [0.3, 0.4) is 0 Å². The van der Waals surface area contributed by atoms with Crippen molar-refractivity contribution in [3.63, 3.8) is 0 Å². The Morgan fingerprint density at radius 2 is 2.00 bits per heavy atom. The molecule has 1 aromatic heterocycles. The van der Waals surface area contributed by atoms with E-state index in [1.165, 1.54) is 17.4 Å². The minimum atomic E-state index is -3.53. The van der Waals surface area contributed by atoms with Crippen molar-refractivity contribution in [3.8, 4) is 0 Å². The highest BCUT2D eigenvalue weighted by atomic mass is 32.2. The number of benzene rings is 1. The van der Waals surface area contributed by atoms with E-state index in [0.717, 1.165) is 15.5 Å². The molecule has 1 aliphatic heterocycles.